The van der Waals surface area contributed by atoms with Crippen LogP contribution in [0.25, 0.3) is 10.2 Å². The molecule has 0 aliphatic carbocycles. The third-order valence-corrected chi connectivity index (χ3v) is 8.83. The van der Waals surface area contributed by atoms with E-state index in [0.717, 1.165) is 17.6 Å². The number of anilines is 1. The lowest BCUT2D eigenvalue weighted by atomic mass is 10.2. The number of aromatic nitrogens is 1. The van der Waals surface area contributed by atoms with Crippen molar-refractivity contribution >= 4 is 53.0 Å². The van der Waals surface area contributed by atoms with E-state index in [1.807, 2.05) is 0 Å². The lowest BCUT2D eigenvalue weighted by molar-refractivity contribution is 0.0998. The summed E-state index contributed by atoms with van der Waals surface area (Å²) in [7, 11) is -5.76. The van der Waals surface area contributed by atoms with E-state index in [-0.39, 0.29) is 27.6 Å². The maximum absolute atomic E-state index is 12.9. The van der Waals surface area contributed by atoms with Crippen LogP contribution in [0.5, 0.6) is 5.75 Å². The minimum Gasteiger partial charge on any atom is -0.497 e. The normalized spacial score (nSPS) is 12.3. The second-order valence-corrected chi connectivity index (χ2v) is 12.6. The Labute approximate surface area is 218 Å². The molecule has 1 amide bonds. The molecule has 0 spiro atoms. The first-order valence-corrected chi connectivity index (χ1v) is 14.8. The van der Waals surface area contributed by atoms with Crippen LogP contribution in [0.15, 0.2) is 81.5 Å². The molecule has 1 N–H and O–H groups in total. The maximum atomic E-state index is 12.9. The topological polar surface area (TPSA) is 124 Å². The van der Waals surface area contributed by atoms with Crippen molar-refractivity contribution in [2.45, 2.75) is 16.3 Å². The molecule has 3 aromatic carbocycles. The number of terminal acetylenes is 1. The number of hydrogen-bond donors (Lipinski definition) is 1. The Morgan fingerprint density at radius 2 is 1.68 bits per heavy atom. The van der Waals surface area contributed by atoms with Gasteiger partial charge in [-0.1, -0.05) is 17.3 Å². The van der Waals surface area contributed by atoms with E-state index >= 15 is 0 Å². The van der Waals surface area contributed by atoms with Gasteiger partial charge in [-0.15, -0.1) is 6.42 Å². The summed E-state index contributed by atoms with van der Waals surface area (Å²) < 4.78 is 58.9. The first-order chi connectivity index (χ1) is 17.5. The van der Waals surface area contributed by atoms with Crippen molar-refractivity contribution < 1.29 is 26.4 Å². The Hall–Kier alpha value is -3.92. The number of benzene rings is 3. The average Bonchev–Trinajstić information content (AvgIpc) is 3.20. The molecule has 0 aliphatic rings. The molecule has 0 unspecified atom stereocenters. The van der Waals surface area contributed by atoms with Gasteiger partial charge in [-0.2, -0.15) is 4.99 Å². The molecule has 37 heavy (non-hydrogen) atoms. The molecule has 0 aliphatic heterocycles. The molecule has 0 saturated heterocycles. The fraction of sp³-hybridized carbons (Fsp3) is 0.120. The Morgan fingerprint density at radius 3 is 2.27 bits per heavy atom. The van der Waals surface area contributed by atoms with Gasteiger partial charge in [0.25, 0.3) is 15.9 Å². The van der Waals surface area contributed by atoms with E-state index in [1.165, 1.54) is 55.6 Å². The number of thiazole rings is 1. The molecule has 9 nitrogen and oxygen atoms in total. The molecule has 4 rings (SSSR count). The van der Waals surface area contributed by atoms with Crippen molar-refractivity contribution in [3.05, 3.63) is 77.1 Å². The maximum Gasteiger partial charge on any atom is 0.279 e. The molecule has 0 atom stereocenters. The Balaban J connectivity index is 1.62. The van der Waals surface area contributed by atoms with Crippen LogP contribution in [0.3, 0.4) is 0 Å². The summed E-state index contributed by atoms with van der Waals surface area (Å²) in [6, 6.07) is 16.4. The number of nitrogens with one attached hydrogen (secondary N) is 1. The van der Waals surface area contributed by atoms with Crippen LogP contribution in [-0.2, 0) is 26.4 Å². The van der Waals surface area contributed by atoms with E-state index in [2.05, 4.69) is 15.6 Å². The van der Waals surface area contributed by atoms with Crippen LogP contribution in [-0.4, -0.2) is 40.7 Å². The average molecular weight is 556 g/mol. The van der Waals surface area contributed by atoms with Gasteiger partial charge in [-0.3, -0.25) is 9.52 Å². The summed E-state index contributed by atoms with van der Waals surface area (Å²) >= 11 is 1.14. The van der Waals surface area contributed by atoms with E-state index < -0.39 is 25.8 Å². The Kier molecular flexibility index (Phi) is 7.22. The van der Waals surface area contributed by atoms with Gasteiger partial charge in [0.05, 0.1) is 33.7 Å². The number of nitrogens with zero attached hydrogens (tertiary/aromatic N) is 2. The summed E-state index contributed by atoms with van der Waals surface area (Å²) in [6.07, 6.45) is 6.61. The fourth-order valence-corrected chi connectivity index (χ4v) is 6.26. The quantitative estimate of drug-likeness (QED) is 0.349. The largest absolute Gasteiger partial charge is 0.497 e. The number of amides is 1. The number of carbonyl (C=O) groups is 1. The van der Waals surface area contributed by atoms with E-state index in [9.17, 15) is 21.6 Å². The number of sulfonamides is 1. The molecule has 12 heteroatoms. The Bertz CT molecular complexity index is 1810. The van der Waals surface area contributed by atoms with Crippen LogP contribution in [0.2, 0.25) is 0 Å². The second-order valence-electron chi connectivity index (χ2n) is 7.85. The van der Waals surface area contributed by atoms with E-state index in [1.54, 1.807) is 22.8 Å². The predicted octanol–water partition coefficient (Wildman–Crippen LogP) is 3.29. The molecule has 0 radical (unpaired) electrons. The highest BCUT2D eigenvalue weighted by Crippen LogP contribution is 2.23. The molecule has 4 aromatic rings. The first-order valence-electron chi connectivity index (χ1n) is 10.6. The molecular weight excluding hydrogens is 534 g/mol. The van der Waals surface area contributed by atoms with Gasteiger partial charge >= 0.3 is 0 Å². The third-order valence-electron chi connectivity index (χ3n) is 5.28. The number of fused-ring (bicyclic) bond motifs is 1. The van der Waals surface area contributed by atoms with Crippen molar-refractivity contribution in [2.24, 2.45) is 4.99 Å². The number of ether oxygens (including phenoxy) is 1. The van der Waals surface area contributed by atoms with Crippen LogP contribution in [0.4, 0.5) is 5.69 Å². The highest BCUT2D eigenvalue weighted by Gasteiger charge is 2.16. The summed E-state index contributed by atoms with van der Waals surface area (Å²) in [5.74, 6) is 2.48. The highest BCUT2D eigenvalue weighted by molar-refractivity contribution is 7.92. The zero-order valence-corrected chi connectivity index (χ0v) is 22.2. The minimum absolute atomic E-state index is 0.0605. The van der Waals surface area contributed by atoms with Gasteiger partial charge < -0.3 is 9.30 Å². The summed E-state index contributed by atoms with van der Waals surface area (Å²) in [4.78, 5) is 17.6. The predicted molar refractivity (Wildman–Crippen MR) is 142 cm³/mol. The van der Waals surface area contributed by atoms with Crippen molar-refractivity contribution in [3.8, 4) is 18.1 Å². The molecule has 1 aromatic heterocycles. The van der Waals surface area contributed by atoms with Gasteiger partial charge in [-0.25, -0.2) is 16.8 Å². The van der Waals surface area contributed by atoms with Gasteiger partial charge in [0.2, 0.25) is 0 Å². The number of hydrogen-bond acceptors (Lipinski definition) is 7. The fourth-order valence-electron chi connectivity index (χ4n) is 3.41. The SMILES string of the molecule is C#CCn1c(=NC(=O)c2ccc(NS(=O)(=O)c3ccc(OC)cc3)cc2)sc2cc(S(C)(=O)=O)ccc21. The molecule has 1 heterocycles. The molecule has 0 bridgehead atoms. The van der Waals surface area contributed by atoms with Crippen molar-refractivity contribution in [1.82, 2.24) is 4.57 Å². The lowest BCUT2D eigenvalue weighted by Crippen LogP contribution is -2.16. The molecule has 190 valence electrons. The third kappa shape index (κ3) is 5.75. The minimum atomic E-state index is -3.84. The van der Waals surface area contributed by atoms with Gasteiger partial charge in [0.15, 0.2) is 14.6 Å². The molecular formula is C25H21N3O6S3. The van der Waals surface area contributed by atoms with Gasteiger partial charge in [0, 0.05) is 17.5 Å². The first kappa shape index (κ1) is 26.2. The number of methoxy groups -OCH3 is 1. The van der Waals surface area contributed by atoms with E-state index in [0.29, 0.717) is 20.8 Å². The zero-order chi connectivity index (χ0) is 26.8. The van der Waals surface area contributed by atoms with Crippen LogP contribution < -0.4 is 14.3 Å². The van der Waals surface area contributed by atoms with E-state index in [4.69, 9.17) is 11.2 Å². The standard InChI is InChI=1S/C25H21N3O6S3/c1-4-15-28-22-14-13-21(36(3,30)31)16-23(22)35-25(28)26-24(29)17-5-7-18(8-6-17)27-37(32,33)20-11-9-19(34-2)10-12-20/h1,5-14,16,27H,15H2,2-3H3. The van der Waals surface area contributed by atoms with Crippen molar-refractivity contribution in [1.29, 1.82) is 0 Å². The monoisotopic (exact) mass is 555 g/mol. The van der Waals surface area contributed by atoms with Crippen molar-refractivity contribution in [3.63, 3.8) is 0 Å². The summed E-state index contributed by atoms with van der Waals surface area (Å²) in [6.45, 7) is 0.135. The Morgan fingerprint density at radius 1 is 1.03 bits per heavy atom. The molecule has 0 saturated carbocycles. The van der Waals surface area contributed by atoms with Crippen LogP contribution >= 0.6 is 11.3 Å². The summed E-state index contributed by atoms with van der Waals surface area (Å²) in [5.41, 5.74) is 1.16. The number of sulfone groups is 1. The smallest absolute Gasteiger partial charge is 0.279 e. The van der Waals surface area contributed by atoms with Crippen molar-refractivity contribution in [2.75, 3.05) is 18.1 Å². The van der Waals surface area contributed by atoms with Gasteiger partial charge in [-0.05, 0) is 66.7 Å². The summed E-state index contributed by atoms with van der Waals surface area (Å²) in [5, 5.41) is 0. The van der Waals surface area contributed by atoms with Crippen LogP contribution in [0.1, 0.15) is 10.4 Å². The lowest BCUT2D eigenvalue weighted by Gasteiger charge is -2.09. The van der Waals surface area contributed by atoms with Crippen LogP contribution in [0, 0.1) is 12.3 Å². The highest BCUT2D eigenvalue weighted by atomic mass is 32.2. The number of carbonyl (C=O) groups excluding carboxylic acids is 1. The number of rotatable bonds is 7. The zero-order valence-electron chi connectivity index (χ0n) is 19.7. The van der Waals surface area contributed by atoms with Gasteiger partial charge in [0.1, 0.15) is 5.75 Å². The molecule has 0 fully saturated rings. The second kappa shape index (κ2) is 10.2.